The molecule has 1 heterocycles. The molecule has 1 saturated heterocycles. The van der Waals surface area contributed by atoms with Gasteiger partial charge >= 0.3 is 0 Å². The second-order valence-corrected chi connectivity index (χ2v) is 6.40. The van der Waals surface area contributed by atoms with Gasteiger partial charge in [-0.05, 0) is 18.9 Å². The van der Waals surface area contributed by atoms with E-state index in [1.54, 1.807) is 0 Å². The summed E-state index contributed by atoms with van der Waals surface area (Å²) >= 11 is 6.27. The van der Waals surface area contributed by atoms with Crippen LogP contribution in [-0.4, -0.2) is 55.0 Å². The highest BCUT2D eigenvalue weighted by atomic mass is 35.5. The van der Waals surface area contributed by atoms with Gasteiger partial charge < -0.3 is 9.64 Å². The van der Waals surface area contributed by atoms with Crippen molar-refractivity contribution in [2.24, 2.45) is 0 Å². The second kappa shape index (κ2) is 9.26. The van der Waals surface area contributed by atoms with Gasteiger partial charge in [0.25, 0.3) is 0 Å². The summed E-state index contributed by atoms with van der Waals surface area (Å²) < 4.78 is 5.86. The van der Waals surface area contributed by atoms with Gasteiger partial charge in [0.15, 0.2) is 0 Å². The quantitative estimate of drug-likeness (QED) is 0.764. The molecular formula is C18H27ClN2O2. The number of morpholine rings is 1. The predicted octanol–water partition coefficient (Wildman–Crippen LogP) is 3.36. The van der Waals surface area contributed by atoms with Crippen molar-refractivity contribution in [2.45, 2.75) is 32.8 Å². The molecule has 1 aromatic carbocycles. The first kappa shape index (κ1) is 18.2. The van der Waals surface area contributed by atoms with Gasteiger partial charge in [0.1, 0.15) is 0 Å². The Hall–Kier alpha value is -1.10. The lowest BCUT2D eigenvalue weighted by Crippen LogP contribution is -2.46. The molecule has 1 aromatic rings. The molecular weight excluding hydrogens is 312 g/mol. The number of hydrogen-bond acceptors (Lipinski definition) is 3. The molecule has 0 aromatic heterocycles. The molecule has 0 spiro atoms. The Balaban J connectivity index is 1.95. The molecule has 23 heavy (non-hydrogen) atoms. The first-order valence-corrected chi connectivity index (χ1v) is 8.89. The van der Waals surface area contributed by atoms with Crippen LogP contribution in [0.3, 0.4) is 0 Å². The van der Waals surface area contributed by atoms with E-state index in [0.717, 1.165) is 43.1 Å². The van der Waals surface area contributed by atoms with Crippen LogP contribution in [0.4, 0.5) is 0 Å². The lowest BCUT2D eigenvalue weighted by Gasteiger charge is -2.34. The zero-order valence-electron chi connectivity index (χ0n) is 14.1. The predicted molar refractivity (Wildman–Crippen MR) is 93.7 cm³/mol. The molecule has 128 valence electrons. The third kappa shape index (κ3) is 5.20. The largest absolute Gasteiger partial charge is 0.371 e. The smallest absolute Gasteiger partial charge is 0.236 e. The molecule has 5 heteroatoms. The van der Waals surface area contributed by atoms with Crippen LogP contribution in [0.1, 0.15) is 38.4 Å². The zero-order valence-corrected chi connectivity index (χ0v) is 14.9. The van der Waals surface area contributed by atoms with E-state index in [2.05, 4.69) is 18.7 Å². The highest BCUT2D eigenvalue weighted by Crippen LogP contribution is 2.28. The first-order chi connectivity index (χ1) is 11.2. The average molecular weight is 339 g/mol. The van der Waals surface area contributed by atoms with E-state index in [1.807, 2.05) is 29.2 Å². The minimum absolute atomic E-state index is 0.0592. The summed E-state index contributed by atoms with van der Waals surface area (Å²) in [6.45, 7) is 8.49. The van der Waals surface area contributed by atoms with Gasteiger partial charge in [-0.25, -0.2) is 0 Å². The van der Waals surface area contributed by atoms with Gasteiger partial charge in [-0.15, -0.1) is 0 Å². The minimum atomic E-state index is -0.0592. The topological polar surface area (TPSA) is 32.8 Å². The molecule has 2 rings (SSSR count). The Morgan fingerprint density at radius 2 is 2.00 bits per heavy atom. The molecule has 1 amide bonds. The maximum Gasteiger partial charge on any atom is 0.236 e. The molecule has 0 saturated carbocycles. The Morgan fingerprint density at radius 1 is 1.30 bits per heavy atom. The van der Waals surface area contributed by atoms with Crippen molar-refractivity contribution in [2.75, 3.05) is 39.3 Å². The summed E-state index contributed by atoms with van der Waals surface area (Å²) in [5.41, 5.74) is 1.00. The Kier molecular flexibility index (Phi) is 7.34. The summed E-state index contributed by atoms with van der Waals surface area (Å²) in [5, 5.41) is 0.726. The van der Waals surface area contributed by atoms with Crippen LogP contribution < -0.4 is 0 Å². The molecule has 0 N–H and O–H groups in total. The number of ether oxygens (including phenoxy) is 1. The van der Waals surface area contributed by atoms with Crippen LogP contribution in [0, 0.1) is 0 Å². The fraction of sp³-hybridized carbons (Fsp3) is 0.611. The normalized spacial score (nSPS) is 18.8. The molecule has 4 nitrogen and oxygen atoms in total. The number of halogens is 1. The molecule has 1 aliphatic rings. The fourth-order valence-corrected chi connectivity index (χ4v) is 3.22. The summed E-state index contributed by atoms with van der Waals surface area (Å²) in [7, 11) is 0. The third-order valence-electron chi connectivity index (χ3n) is 4.10. The molecule has 0 aliphatic carbocycles. The van der Waals surface area contributed by atoms with Gasteiger partial charge in [0, 0.05) is 36.8 Å². The van der Waals surface area contributed by atoms with E-state index in [4.69, 9.17) is 16.3 Å². The summed E-state index contributed by atoms with van der Waals surface area (Å²) in [4.78, 5) is 16.7. The second-order valence-electron chi connectivity index (χ2n) is 6.00. The Morgan fingerprint density at radius 3 is 2.65 bits per heavy atom. The number of carbonyl (C=O) groups is 1. The van der Waals surface area contributed by atoms with Crippen LogP contribution in [0.2, 0.25) is 5.02 Å². The number of hydrogen-bond donors (Lipinski definition) is 0. The van der Waals surface area contributed by atoms with Crippen molar-refractivity contribution in [3.05, 3.63) is 34.9 Å². The van der Waals surface area contributed by atoms with E-state index in [1.165, 1.54) is 0 Å². The van der Waals surface area contributed by atoms with Gasteiger partial charge in [0.05, 0.1) is 19.3 Å². The first-order valence-electron chi connectivity index (χ1n) is 8.51. The van der Waals surface area contributed by atoms with Gasteiger partial charge in [-0.2, -0.15) is 0 Å². The van der Waals surface area contributed by atoms with Gasteiger partial charge in [-0.1, -0.05) is 43.6 Å². The number of carbonyl (C=O) groups excluding carboxylic acids is 1. The van der Waals surface area contributed by atoms with Crippen LogP contribution in [0.15, 0.2) is 24.3 Å². The highest BCUT2D eigenvalue weighted by Gasteiger charge is 2.26. The van der Waals surface area contributed by atoms with E-state index in [0.29, 0.717) is 19.7 Å². The van der Waals surface area contributed by atoms with Crippen LogP contribution in [0.25, 0.3) is 0 Å². The van der Waals surface area contributed by atoms with Crippen molar-refractivity contribution in [3.63, 3.8) is 0 Å². The van der Waals surface area contributed by atoms with Crippen molar-refractivity contribution < 1.29 is 9.53 Å². The van der Waals surface area contributed by atoms with Crippen molar-refractivity contribution in [1.82, 2.24) is 9.80 Å². The zero-order chi connectivity index (χ0) is 16.7. The molecule has 1 aliphatic heterocycles. The van der Waals surface area contributed by atoms with Crippen molar-refractivity contribution in [1.29, 1.82) is 0 Å². The van der Waals surface area contributed by atoms with Crippen LogP contribution in [-0.2, 0) is 9.53 Å². The highest BCUT2D eigenvalue weighted by molar-refractivity contribution is 6.31. The summed E-state index contributed by atoms with van der Waals surface area (Å²) in [5.74, 6) is 0.216. The Bertz CT molecular complexity index is 504. The molecule has 0 unspecified atom stereocenters. The van der Waals surface area contributed by atoms with E-state index >= 15 is 0 Å². The van der Waals surface area contributed by atoms with Crippen molar-refractivity contribution in [3.8, 4) is 0 Å². The molecule has 1 atom stereocenters. The summed E-state index contributed by atoms with van der Waals surface area (Å²) in [6.07, 6.45) is 1.94. The molecule has 0 radical (unpaired) electrons. The van der Waals surface area contributed by atoms with Crippen LogP contribution in [0.5, 0.6) is 0 Å². The minimum Gasteiger partial charge on any atom is -0.371 e. The monoisotopic (exact) mass is 338 g/mol. The number of benzene rings is 1. The number of rotatable bonds is 7. The standard InChI is InChI=1S/C18H27ClN2O2/c1-3-9-21(10-4-2)18(22)14-20-11-12-23-17(13-20)15-7-5-6-8-16(15)19/h5-8,17H,3-4,9-14H2,1-2H3/t17-/m0/s1. The number of nitrogens with zero attached hydrogens (tertiary/aromatic N) is 2. The van der Waals surface area contributed by atoms with Crippen molar-refractivity contribution >= 4 is 17.5 Å². The van der Waals surface area contributed by atoms with E-state index < -0.39 is 0 Å². The maximum absolute atomic E-state index is 12.5. The van der Waals surface area contributed by atoms with Gasteiger partial charge in [0.2, 0.25) is 5.91 Å². The third-order valence-corrected chi connectivity index (χ3v) is 4.45. The average Bonchev–Trinajstić information content (AvgIpc) is 2.55. The van der Waals surface area contributed by atoms with E-state index in [-0.39, 0.29) is 12.0 Å². The molecule has 0 bridgehead atoms. The maximum atomic E-state index is 12.5. The summed E-state index contributed by atoms with van der Waals surface area (Å²) in [6, 6.07) is 7.77. The lowest BCUT2D eigenvalue weighted by atomic mass is 10.1. The van der Waals surface area contributed by atoms with E-state index in [9.17, 15) is 4.79 Å². The van der Waals surface area contributed by atoms with Gasteiger partial charge in [-0.3, -0.25) is 9.69 Å². The number of amides is 1. The molecule has 1 fully saturated rings. The SMILES string of the molecule is CCCN(CCC)C(=O)CN1CCO[C@H](c2ccccc2Cl)C1. The lowest BCUT2D eigenvalue weighted by molar-refractivity contribution is -0.134. The van der Waals surface area contributed by atoms with Crippen LogP contribution >= 0.6 is 11.6 Å². The Labute approximate surface area is 144 Å². The fourth-order valence-electron chi connectivity index (χ4n) is 2.96.